The van der Waals surface area contributed by atoms with Gasteiger partial charge in [0.25, 0.3) is 0 Å². The molecule has 2 heterocycles. The van der Waals surface area contributed by atoms with Gasteiger partial charge < -0.3 is 19.3 Å². The predicted molar refractivity (Wildman–Crippen MR) is 161 cm³/mol. The maximum Gasteiger partial charge on any atom is 0.416 e. The van der Waals surface area contributed by atoms with Crippen LogP contribution in [0.1, 0.15) is 54.6 Å². The molecule has 3 atom stereocenters. The van der Waals surface area contributed by atoms with E-state index in [2.05, 4.69) is 9.97 Å². The molecular weight excluding hydrogens is 663 g/mol. The van der Waals surface area contributed by atoms with Gasteiger partial charge in [0, 0.05) is 31.1 Å². The molecule has 2 aromatic carbocycles. The van der Waals surface area contributed by atoms with E-state index in [9.17, 15) is 39.5 Å². The van der Waals surface area contributed by atoms with Crippen molar-refractivity contribution in [2.75, 3.05) is 41.5 Å². The fourth-order valence-corrected chi connectivity index (χ4v) is 5.56. The summed E-state index contributed by atoms with van der Waals surface area (Å²) >= 11 is 1.53. The largest absolute Gasteiger partial charge is 0.489 e. The maximum absolute atomic E-state index is 13.9. The summed E-state index contributed by atoms with van der Waals surface area (Å²) in [5.41, 5.74) is -3.91. The normalized spacial score (nSPS) is 18.3. The average Bonchev–Trinajstić information content (AvgIpc) is 2.98. The highest BCUT2D eigenvalue weighted by molar-refractivity contribution is 7.98. The second-order valence-electron chi connectivity index (χ2n) is 11.2. The molecule has 0 N–H and O–H groups in total. The van der Waals surface area contributed by atoms with E-state index in [0.29, 0.717) is 43.3 Å². The number of hydrogen-bond acceptors (Lipinski definition) is 7. The van der Waals surface area contributed by atoms with Crippen LogP contribution < -0.4 is 14.5 Å². The number of nitrogens with zero attached hydrogens (tertiary/aromatic N) is 4. The highest BCUT2D eigenvalue weighted by Crippen LogP contribution is 2.40. The van der Waals surface area contributed by atoms with Crippen molar-refractivity contribution in [3.05, 3.63) is 76.6 Å². The van der Waals surface area contributed by atoms with Gasteiger partial charge in [0.1, 0.15) is 0 Å². The van der Waals surface area contributed by atoms with Crippen molar-refractivity contribution in [1.82, 2.24) is 9.97 Å². The minimum absolute atomic E-state index is 0.0173. The zero-order valence-corrected chi connectivity index (χ0v) is 26.6. The summed E-state index contributed by atoms with van der Waals surface area (Å²) in [6.07, 6.45) is -11.0. The topological polar surface area (TPSA) is 50.7 Å². The number of aromatic nitrogens is 2. The minimum atomic E-state index is -5.11. The first kappa shape index (κ1) is 36.4. The van der Waals surface area contributed by atoms with E-state index in [1.807, 2.05) is 25.0 Å². The number of hydrogen-bond donors (Lipinski definition) is 0. The first-order valence-corrected chi connectivity index (χ1v) is 15.9. The number of alkyl halides is 9. The summed E-state index contributed by atoms with van der Waals surface area (Å²) in [6.45, 7) is 5.54. The van der Waals surface area contributed by atoms with Crippen LogP contribution in [0.5, 0.6) is 5.75 Å². The van der Waals surface area contributed by atoms with Gasteiger partial charge in [0.2, 0.25) is 5.95 Å². The van der Waals surface area contributed by atoms with E-state index in [-0.39, 0.29) is 35.5 Å². The minimum Gasteiger partial charge on any atom is -0.489 e. The number of ether oxygens (including phenoxy) is 2. The summed E-state index contributed by atoms with van der Waals surface area (Å²) in [7, 11) is 0. The Hall–Kier alpha value is -3.40. The predicted octanol–water partition coefficient (Wildman–Crippen LogP) is 8.66. The van der Waals surface area contributed by atoms with Crippen LogP contribution in [0.4, 0.5) is 51.1 Å². The van der Waals surface area contributed by atoms with Crippen molar-refractivity contribution >= 4 is 23.4 Å². The highest BCUT2D eigenvalue weighted by atomic mass is 32.2. The van der Waals surface area contributed by atoms with Crippen LogP contribution in [-0.2, 0) is 29.8 Å². The Kier molecular flexibility index (Phi) is 11.1. The smallest absolute Gasteiger partial charge is 0.416 e. The first-order valence-electron chi connectivity index (χ1n) is 14.5. The lowest BCUT2D eigenvalue weighted by Gasteiger charge is -2.39. The lowest BCUT2D eigenvalue weighted by Crippen LogP contribution is -2.46. The van der Waals surface area contributed by atoms with Gasteiger partial charge in [-0.2, -0.15) is 51.3 Å². The Bertz CT molecular complexity index is 1460. The number of morpholine rings is 1. The third-order valence-electron chi connectivity index (χ3n) is 7.50. The molecule has 0 radical (unpaired) electrons. The summed E-state index contributed by atoms with van der Waals surface area (Å²) < 4.78 is 136. The standard InChI is InChI=1S/C31H33F9N4O2S/c1-18-15-43(16-19(2)46-18)27-6-5-23(29(32,33)34)11-22(27)17-44(28-41-13-26(14-42-28)45-7-8-47-4)20(3)21-9-24(30(35,36)37)12-25(10-21)31(38,39)40/h5-6,9-14,18-20H,7-8,15-17H2,1-4H3/t18-,19+,20?. The first-order chi connectivity index (χ1) is 21.9. The van der Waals surface area contributed by atoms with Gasteiger partial charge in [-0.25, -0.2) is 9.97 Å². The fourth-order valence-electron chi connectivity index (χ4n) is 5.31. The lowest BCUT2D eigenvalue weighted by molar-refractivity contribution is -0.143. The van der Waals surface area contributed by atoms with Gasteiger partial charge in [-0.05, 0) is 74.6 Å². The van der Waals surface area contributed by atoms with Gasteiger partial charge >= 0.3 is 18.5 Å². The number of halogens is 9. The van der Waals surface area contributed by atoms with E-state index in [0.717, 1.165) is 12.1 Å². The van der Waals surface area contributed by atoms with Gasteiger partial charge in [0.15, 0.2) is 5.75 Å². The van der Waals surface area contributed by atoms with E-state index in [1.54, 1.807) is 0 Å². The molecule has 1 aromatic heterocycles. The molecule has 1 unspecified atom stereocenters. The van der Waals surface area contributed by atoms with Crippen LogP contribution in [-0.4, -0.2) is 53.9 Å². The molecule has 0 spiro atoms. The Morgan fingerprint density at radius 3 is 1.94 bits per heavy atom. The highest BCUT2D eigenvalue weighted by Gasteiger charge is 2.38. The molecule has 6 nitrogen and oxygen atoms in total. The molecule has 258 valence electrons. The van der Waals surface area contributed by atoms with Gasteiger partial charge in [-0.3, -0.25) is 0 Å². The molecule has 1 aliphatic rings. The van der Waals surface area contributed by atoms with Crippen molar-refractivity contribution in [3.8, 4) is 5.75 Å². The molecular formula is C31H33F9N4O2S. The summed E-state index contributed by atoms with van der Waals surface area (Å²) in [5.74, 6) is 0.761. The molecule has 1 saturated heterocycles. The molecule has 1 aliphatic heterocycles. The second kappa shape index (κ2) is 14.4. The molecule has 1 fully saturated rings. The SMILES string of the molecule is CSCCOc1cnc(N(Cc2cc(C(F)(F)F)ccc2N2C[C@@H](C)O[C@@H](C)C2)C(C)c2cc(C(F)(F)F)cc(C(F)(F)F)c2)nc1. The molecule has 47 heavy (non-hydrogen) atoms. The Morgan fingerprint density at radius 2 is 1.43 bits per heavy atom. The van der Waals surface area contributed by atoms with E-state index < -0.39 is 53.4 Å². The Balaban J connectivity index is 1.86. The fraction of sp³-hybridized carbons (Fsp3) is 0.484. The van der Waals surface area contributed by atoms with Gasteiger partial charge in [-0.1, -0.05) is 0 Å². The third-order valence-corrected chi connectivity index (χ3v) is 8.07. The summed E-state index contributed by atoms with van der Waals surface area (Å²) in [5, 5.41) is 0. The molecule has 0 saturated carbocycles. The lowest BCUT2D eigenvalue weighted by atomic mass is 9.98. The van der Waals surface area contributed by atoms with Crippen LogP contribution in [0.3, 0.4) is 0 Å². The van der Waals surface area contributed by atoms with Crippen LogP contribution in [0.2, 0.25) is 0 Å². The number of anilines is 2. The molecule has 0 bridgehead atoms. The van der Waals surface area contributed by atoms with E-state index in [1.165, 1.54) is 42.0 Å². The average molecular weight is 697 g/mol. The van der Waals surface area contributed by atoms with Crippen molar-refractivity contribution in [2.45, 2.75) is 64.1 Å². The van der Waals surface area contributed by atoms with Gasteiger partial charge in [-0.15, -0.1) is 0 Å². The number of thioether (sulfide) groups is 1. The van der Waals surface area contributed by atoms with Crippen molar-refractivity contribution in [3.63, 3.8) is 0 Å². The Labute approximate surface area is 270 Å². The molecule has 0 aliphatic carbocycles. The Morgan fingerprint density at radius 1 is 0.872 bits per heavy atom. The van der Waals surface area contributed by atoms with Crippen molar-refractivity contribution in [2.24, 2.45) is 0 Å². The van der Waals surface area contributed by atoms with Crippen LogP contribution in [0.25, 0.3) is 0 Å². The third kappa shape index (κ3) is 9.36. The van der Waals surface area contributed by atoms with Crippen LogP contribution >= 0.6 is 11.8 Å². The molecule has 16 heteroatoms. The van der Waals surface area contributed by atoms with Crippen LogP contribution in [0.15, 0.2) is 48.8 Å². The second-order valence-corrected chi connectivity index (χ2v) is 12.2. The number of benzene rings is 2. The number of rotatable bonds is 10. The quantitative estimate of drug-likeness (QED) is 0.155. The monoisotopic (exact) mass is 696 g/mol. The molecule has 4 rings (SSSR count). The molecule has 3 aromatic rings. The maximum atomic E-state index is 13.9. The van der Waals surface area contributed by atoms with Crippen molar-refractivity contribution < 1.29 is 49.0 Å². The zero-order valence-electron chi connectivity index (χ0n) is 25.8. The van der Waals surface area contributed by atoms with E-state index in [4.69, 9.17) is 9.47 Å². The summed E-state index contributed by atoms with van der Waals surface area (Å²) in [6, 6.07) is 3.08. The van der Waals surface area contributed by atoms with Crippen molar-refractivity contribution in [1.29, 1.82) is 0 Å². The van der Waals surface area contributed by atoms with E-state index >= 15 is 0 Å². The zero-order chi connectivity index (χ0) is 34.7. The molecule has 0 amide bonds. The van der Waals surface area contributed by atoms with Crippen LogP contribution in [0, 0.1) is 0 Å². The van der Waals surface area contributed by atoms with Gasteiger partial charge in [0.05, 0.1) is 53.9 Å². The summed E-state index contributed by atoms with van der Waals surface area (Å²) in [4.78, 5) is 11.6.